The molecule has 1 N–H and O–H groups in total. The molecular weight excluding hydrogens is 330 g/mol. The smallest absolute Gasteiger partial charge is 0.307 e. The van der Waals surface area contributed by atoms with Gasteiger partial charge in [0, 0.05) is 13.1 Å². The molecule has 1 aliphatic rings. The minimum absolute atomic E-state index is 0.0279. The Hall–Kier alpha value is -1.60. The minimum atomic E-state index is -3.73. The van der Waals surface area contributed by atoms with Crippen LogP contribution in [0.25, 0.3) is 0 Å². The molecule has 0 amide bonds. The molecule has 1 atom stereocenters. The average molecular weight is 355 g/mol. The topological polar surface area (TPSA) is 83.9 Å². The first-order chi connectivity index (χ1) is 11.2. The van der Waals surface area contributed by atoms with Crippen molar-refractivity contribution in [1.82, 2.24) is 4.31 Å². The van der Waals surface area contributed by atoms with Crippen LogP contribution in [0.3, 0.4) is 0 Å². The van der Waals surface area contributed by atoms with Gasteiger partial charge in [0.25, 0.3) is 0 Å². The van der Waals surface area contributed by atoms with Gasteiger partial charge in [0.15, 0.2) is 0 Å². The Balaban J connectivity index is 2.45. The molecule has 0 aromatic heterocycles. The number of hydrogen-bond donors (Lipinski definition) is 1. The summed E-state index contributed by atoms with van der Waals surface area (Å²) in [5.74, 6) is -0.799. The third-order valence-electron chi connectivity index (χ3n) is 4.50. The van der Waals surface area contributed by atoms with Gasteiger partial charge >= 0.3 is 5.97 Å². The highest BCUT2D eigenvalue weighted by atomic mass is 32.2. The van der Waals surface area contributed by atoms with Crippen molar-refractivity contribution in [3.05, 3.63) is 23.3 Å². The molecule has 1 saturated heterocycles. The number of nitrogens with zero attached hydrogens (tertiary/aromatic N) is 1. The van der Waals surface area contributed by atoms with Gasteiger partial charge in [-0.05, 0) is 48.9 Å². The molecule has 1 fully saturated rings. The summed E-state index contributed by atoms with van der Waals surface area (Å²) in [4.78, 5) is 11.5. The number of aryl methyl sites for hydroxylation is 1. The molecule has 2 rings (SSSR count). The molecule has 7 heteroatoms. The number of carboxylic acid groups (broad SMARTS) is 1. The van der Waals surface area contributed by atoms with Crippen LogP contribution in [-0.2, 0) is 14.8 Å². The maximum Gasteiger partial charge on any atom is 0.307 e. The number of sulfonamides is 1. The number of carbonyl (C=O) groups is 1. The predicted octanol–water partition coefficient (Wildman–Crippen LogP) is 2.61. The standard InChI is InChI=1S/C17H25NO5S/c1-11(2)14-9-16(12(3)8-15(14)23-4)24(21,22)18-7-5-6-13(10-18)17(19)20/h8-9,11,13H,5-7,10H2,1-4H3,(H,19,20). The second-order valence-corrected chi connectivity index (χ2v) is 8.46. The molecular formula is C17H25NO5S. The fourth-order valence-corrected chi connectivity index (χ4v) is 4.85. The molecule has 0 bridgehead atoms. The number of piperidine rings is 1. The highest BCUT2D eigenvalue weighted by molar-refractivity contribution is 7.89. The van der Waals surface area contributed by atoms with Crippen LogP contribution in [0.15, 0.2) is 17.0 Å². The van der Waals surface area contributed by atoms with Gasteiger partial charge in [0.05, 0.1) is 17.9 Å². The van der Waals surface area contributed by atoms with E-state index in [2.05, 4.69) is 0 Å². The lowest BCUT2D eigenvalue weighted by atomic mass is 10.0. The molecule has 0 spiro atoms. The lowest BCUT2D eigenvalue weighted by Gasteiger charge is -2.30. The molecule has 0 saturated carbocycles. The second kappa shape index (κ2) is 7.11. The van der Waals surface area contributed by atoms with E-state index in [0.29, 0.717) is 30.7 Å². The molecule has 1 aromatic rings. The predicted molar refractivity (Wildman–Crippen MR) is 90.9 cm³/mol. The molecule has 1 aliphatic heterocycles. The Labute approximate surface area is 143 Å². The van der Waals surface area contributed by atoms with Crippen LogP contribution in [0.5, 0.6) is 5.75 Å². The first-order valence-corrected chi connectivity index (χ1v) is 9.54. The summed E-state index contributed by atoms with van der Waals surface area (Å²) in [6.07, 6.45) is 1.07. The van der Waals surface area contributed by atoms with Crippen molar-refractivity contribution in [2.45, 2.75) is 44.4 Å². The van der Waals surface area contributed by atoms with Gasteiger partial charge in [-0.1, -0.05) is 13.8 Å². The van der Waals surface area contributed by atoms with Gasteiger partial charge in [-0.2, -0.15) is 4.31 Å². The molecule has 0 aliphatic carbocycles. The van der Waals surface area contributed by atoms with Crippen molar-refractivity contribution in [1.29, 1.82) is 0 Å². The molecule has 1 aromatic carbocycles. The molecule has 134 valence electrons. The normalized spacial score (nSPS) is 19.5. The fourth-order valence-electron chi connectivity index (χ4n) is 3.08. The number of benzene rings is 1. The summed E-state index contributed by atoms with van der Waals surface area (Å²) in [7, 11) is -2.16. The van der Waals surface area contributed by atoms with E-state index in [4.69, 9.17) is 4.74 Å². The van der Waals surface area contributed by atoms with Crippen LogP contribution >= 0.6 is 0 Å². The van der Waals surface area contributed by atoms with E-state index in [1.165, 1.54) is 4.31 Å². The Morgan fingerprint density at radius 1 is 1.38 bits per heavy atom. The largest absolute Gasteiger partial charge is 0.496 e. The maximum absolute atomic E-state index is 13.0. The van der Waals surface area contributed by atoms with Crippen LogP contribution < -0.4 is 4.74 Å². The van der Waals surface area contributed by atoms with E-state index in [-0.39, 0.29) is 17.4 Å². The molecule has 6 nitrogen and oxygen atoms in total. The third kappa shape index (κ3) is 3.57. The van der Waals surface area contributed by atoms with E-state index >= 15 is 0 Å². The number of aliphatic carboxylic acids is 1. The highest BCUT2D eigenvalue weighted by Crippen LogP contribution is 2.33. The van der Waals surface area contributed by atoms with Crippen molar-refractivity contribution < 1.29 is 23.1 Å². The summed E-state index contributed by atoms with van der Waals surface area (Å²) in [5, 5.41) is 9.19. The summed E-state index contributed by atoms with van der Waals surface area (Å²) >= 11 is 0. The third-order valence-corrected chi connectivity index (χ3v) is 6.51. The van der Waals surface area contributed by atoms with Gasteiger partial charge in [-0.25, -0.2) is 8.42 Å². The summed E-state index contributed by atoms with van der Waals surface area (Å²) in [6, 6.07) is 3.40. The number of rotatable bonds is 5. The van der Waals surface area contributed by atoms with E-state index in [1.54, 1.807) is 26.2 Å². The Morgan fingerprint density at radius 3 is 2.58 bits per heavy atom. The minimum Gasteiger partial charge on any atom is -0.496 e. The zero-order valence-electron chi connectivity index (χ0n) is 14.6. The fraction of sp³-hybridized carbons (Fsp3) is 0.588. The number of ether oxygens (including phenoxy) is 1. The molecule has 1 unspecified atom stereocenters. The monoisotopic (exact) mass is 355 g/mol. The van der Waals surface area contributed by atoms with Gasteiger partial charge < -0.3 is 9.84 Å². The number of methoxy groups -OCH3 is 1. The number of hydrogen-bond acceptors (Lipinski definition) is 4. The van der Waals surface area contributed by atoms with E-state index in [1.807, 2.05) is 13.8 Å². The first-order valence-electron chi connectivity index (χ1n) is 8.10. The average Bonchev–Trinajstić information content (AvgIpc) is 2.53. The van der Waals surface area contributed by atoms with Crippen molar-refractivity contribution >= 4 is 16.0 Å². The van der Waals surface area contributed by atoms with Crippen molar-refractivity contribution in [2.75, 3.05) is 20.2 Å². The van der Waals surface area contributed by atoms with Gasteiger partial charge in [0.1, 0.15) is 5.75 Å². The first kappa shape index (κ1) is 18.7. The van der Waals surface area contributed by atoms with Gasteiger partial charge in [-0.15, -0.1) is 0 Å². The highest BCUT2D eigenvalue weighted by Gasteiger charge is 2.34. The zero-order chi connectivity index (χ0) is 18.1. The summed E-state index contributed by atoms with van der Waals surface area (Å²) in [6.45, 7) is 6.07. The van der Waals surface area contributed by atoms with E-state index in [9.17, 15) is 18.3 Å². The van der Waals surface area contributed by atoms with Gasteiger partial charge in [-0.3, -0.25) is 4.79 Å². The summed E-state index contributed by atoms with van der Waals surface area (Å²) < 4.78 is 32.7. The van der Waals surface area contributed by atoms with Crippen LogP contribution in [0.2, 0.25) is 0 Å². The second-order valence-electron chi connectivity index (χ2n) is 6.55. The van der Waals surface area contributed by atoms with E-state index < -0.39 is 21.9 Å². The molecule has 24 heavy (non-hydrogen) atoms. The molecule has 1 heterocycles. The zero-order valence-corrected chi connectivity index (χ0v) is 15.4. The Bertz CT molecular complexity index is 727. The van der Waals surface area contributed by atoms with Crippen LogP contribution in [0, 0.1) is 12.8 Å². The Morgan fingerprint density at radius 2 is 2.04 bits per heavy atom. The SMILES string of the molecule is COc1cc(C)c(S(=O)(=O)N2CCCC(C(=O)O)C2)cc1C(C)C. The maximum atomic E-state index is 13.0. The summed E-state index contributed by atoms with van der Waals surface area (Å²) in [5.41, 5.74) is 1.43. The van der Waals surface area contributed by atoms with Crippen molar-refractivity contribution in [3.63, 3.8) is 0 Å². The van der Waals surface area contributed by atoms with Crippen molar-refractivity contribution in [2.24, 2.45) is 5.92 Å². The van der Waals surface area contributed by atoms with Crippen LogP contribution in [0.4, 0.5) is 0 Å². The van der Waals surface area contributed by atoms with Crippen molar-refractivity contribution in [3.8, 4) is 5.75 Å². The quantitative estimate of drug-likeness (QED) is 0.878. The Kier molecular flexibility index (Phi) is 5.55. The lowest BCUT2D eigenvalue weighted by Crippen LogP contribution is -2.42. The van der Waals surface area contributed by atoms with Crippen LogP contribution in [0.1, 0.15) is 43.7 Å². The number of carboxylic acids is 1. The van der Waals surface area contributed by atoms with Gasteiger partial charge in [0.2, 0.25) is 10.0 Å². The van der Waals surface area contributed by atoms with Crippen LogP contribution in [-0.4, -0.2) is 44.0 Å². The van der Waals surface area contributed by atoms with E-state index in [0.717, 1.165) is 5.56 Å². The lowest BCUT2D eigenvalue weighted by molar-refractivity contribution is -0.142. The molecule has 0 radical (unpaired) electrons.